The molecule has 28 heavy (non-hydrogen) atoms. The molecule has 0 aliphatic heterocycles. The normalized spacial score (nSPS) is 10.0. The standard InChI is InChI=1S/C22H16N2O4/c25-19(15-9-3-1-4-10-15)21(27)23-17-13-7-8-14-18(17)24-22(28)20(26)16-11-5-2-6-12-16/h1-14H,(H,23,27)(H,24,28). The largest absolute Gasteiger partial charge is 0.317 e. The topological polar surface area (TPSA) is 92.3 Å². The van der Waals surface area contributed by atoms with Gasteiger partial charge in [0.15, 0.2) is 0 Å². The van der Waals surface area contributed by atoms with Crippen molar-refractivity contribution >= 4 is 34.8 Å². The van der Waals surface area contributed by atoms with E-state index in [0.717, 1.165) is 0 Å². The predicted octanol–water partition coefficient (Wildman–Crippen LogP) is 3.33. The third-order valence-electron chi connectivity index (χ3n) is 3.91. The average Bonchev–Trinajstić information content (AvgIpc) is 2.75. The van der Waals surface area contributed by atoms with Gasteiger partial charge in [0.25, 0.3) is 23.4 Å². The van der Waals surface area contributed by atoms with Crippen LogP contribution in [0.4, 0.5) is 11.4 Å². The summed E-state index contributed by atoms with van der Waals surface area (Å²) in [5.74, 6) is -3.10. The summed E-state index contributed by atoms with van der Waals surface area (Å²) in [6, 6.07) is 22.6. The fourth-order valence-electron chi connectivity index (χ4n) is 2.50. The quantitative estimate of drug-likeness (QED) is 0.513. The molecule has 2 N–H and O–H groups in total. The van der Waals surface area contributed by atoms with Gasteiger partial charge in [0.05, 0.1) is 11.4 Å². The van der Waals surface area contributed by atoms with Crippen LogP contribution in [0.5, 0.6) is 0 Å². The molecule has 0 spiro atoms. The van der Waals surface area contributed by atoms with Crippen molar-refractivity contribution in [1.29, 1.82) is 0 Å². The third-order valence-corrected chi connectivity index (χ3v) is 3.91. The van der Waals surface area contributed by atoms with E-state index >= 15 is 0 Å². The Balaban J connectivity index is 1.74. The van der Waals surface area contributed by atoms with Crippen molar-refractivity contribution in [3.63, 3.8) is 0 Å². The van der Waals surface area contributed by atoms with Crippen molar-refractivity contribution in [2.75, 3.05) is 10.6 Å². The second-order valence-electron chi connectivity index (χ2n) is 5.84. The number of amides is 2. The second kappa shape index (κ2) is 8.55. The number of hydrogen-bond acceptors (Lipinski definition) is 4. The van der Waals surface area contributed by atoms with E-state index in [1.807, 2.05) is 0 Å². The summed E-state index contributed by atoms with van der Waals surface area (Å²) in [5.41, 5.74) is 0.929. The first-order valence-electron chi connectivity index (χ1n) is 8.47. The number of carbonyl (C=O) groups excluding carboxylic acids is 4. The first-order chi connectivity index (χ1) is 13.6. The highest BCUT2D eigenvalue weighted by Crippen LogP contribution is 2.21. The van der Waals surface area contributed by atoms with Gasteiger partial charge in [0.1, 0.15) is 0 Å². The van der Waals surface area contributed by atoms with Crippen LogP contribution in [0, 0.1) is 0 Å². The van der Waals surface area contributed by atoms with Crippen molar-refractivity contribution in [2.45, 2.75) is 0 Å². The number of nitrogens with one attached hydrogen (secondary N) is 2. The zero-order valence-electron chi connectivity index (χ0n) is 14.7. The van der Waals surface area contributed by atoms with Gasteiger partial charge >= 0.3 is 0 Å². The summed E-state index contributed by atoms with van der Waals surface area (Å²) < 4.78 is 0. The lowest BCUT2D eigenvalue weighted by molar-refractivity contribution is -0.113. The SMILES string of the molecule is O=C(Nc1ccccc1NC(=O)C(=O)c1ccccc1)C(=O)c1ccccc1. The van der Waals surface area contributed by atoms with Crippen LogP contribution >= 0.6 is 0 Å². The van der Waals surface area contributed by atoms with Crippen LogP contribution in [-0.2, 0) is 9.59 Å². The van der Waals surface area contributed by atoms with Gasteiger partial charge in [0.2, 0.25) is 0 Å². The molecular formula is C22H16N2O4. The van der Waals surface area contributed by atoms with Crippen LogP contribution in [0.15, 0.2) is 84.9 Å². The highest BCUT2D eigenvalue weighted by atomic mass is 16.2. The van der Waals surface area contributed by atoms with Crippen molar-refractivity contribution in [2.24, 2.45) is 0 Å². The lowest BCUT2D eigenvalue weighted by Gasteiger charge is -2.11. The molecule has 0 unspecified atom stereocenters. The number of carbonyl (C=O) groups is 4. The molecule has 6 heteroatoms. The van der Waals surface area contributed by atoms with Crippen LogP contribution in [0.25, 0.3) is 0 Å². The van der Waals surface area contributed by atoms with E-state index in [9.17, 15) is 19.2 Å². The maximum atomic E-state index is 12.3. The number of benzene rings is 3. The van der Waals surface area contributed by atoms with Gasteiger partial charge in [-0.15, -0.1) is 0 Å². The smallest absolute Gasteiger partial charge is 0.296 e. The molecule has 0 atom stereocenters. The number of para-hydroxylation sites is 2. The van der Waals surface area contributed by atoms with E-state index in [0.29, 0.717) is 0 Å². The maximum Gasteiger partial charge on any atom is 0.296 e. The van der Waals surface area contributed by atoms with Gasteiger partial charge in [-0.1, -0.05) is 72.8 Å². The molecule has 0 aromatic heterocycles. The van der Waals surface area contributed by atoms with E-state index in [2.05, 4.69) is 10.6 Å². The number of Topliss-reactive ketones (excluding diaryl/α,β-unsaturated/α-hetero) is 2. The fourth-order valence-corrected chi connectivity index (χ4v) is 2.50. The van der Waals surface area contributed by atoms with Crippen LogP contribution in [0.3, 0.4) is 0 Å². The first-order valence-corrected chi connectivity index (χ1v) is 8.47. The van der Waals surface area contributed by atoms with Gasteiger partial charge in [-0.2, -0.15) is 0 Å². The fraction of sp³-hybridized carbons (Fsp3) is 0. The van der Waals surface area contributed by atoms with Crippen LogP contribution in [-0.4, -0.2) is 23.4 Å². The minimum atomic E-state index is -0.845. The summed E-state index contributed by atoms with van der Waals surface area (Å²) in [4.78, 5) is 49.0. The molecule has 0 heterocycles. The Labute approximate surface area is 161 Å². The predicted molar refractivity (Wildman–Crippen MR) is 105 cm³/mol. The van der Waals surface area contributed by atoms with Crippen molar-refractivity contribution in [1.82, 2.24) is 0 Å². The molecule has 0 aliphatic rings. The molecule has 138 valence electrons. The Bertz CT molecular complexity index is 946. The molecule has 3 aromatic rings. The molecule has 3 aromatic carbocycles. The molecule has 0 fully saturated rings. The summed E-state index contributed by atoms with van der Waals surface area (Å²) in [7, 11) is 0. The van der Waals surface area contributed by atoms with Crippen LogP contribution < -0.4 is 10.6 Å². The average molecular weight is 372 g/mol. The van der Waals surface area contributed by atoms with E-state index in [1.165, 1.54) is 36.4 Å². The number of rotatable bonds is 6. The Hall–Kier alpha value is -4.06. The highest BCUT2D eigenvalue weighted by molar-refractivity contribution is 6.48. The summed E-state index contributed by atoms with van der Waals surface area (Å²) in [6.07, 6.45) is 0. The van der Waals surface area contributed by atoms with Gasteiger partial charge in [-0.25, -0.2) is 0 Å². The van der Waals surface area contributed by atoms with E-state index in [1.54, 1.807) is 48.5 Å². The zero-order valence-corrected chi connectivity index (χ0v) is 14.7. The van der Waals surface area contributed by atoms with Gasteiger partial charge in [0, 0.05) is 11.1 Å². The van der Waals surface area contributed by atoms with E-state index < -0.39 is 23.4 Å². The molecule has 6 nitrogen and oxygen atoms in total. The Morgan fingerprint density at radius 3 is 1.14 bits per heavy atom. The molecule has 0 aliphatic carbocycles. The van der Waals surface area contributed by atoms with Crippen molar-refractivity contribution < 1.29 is 19.2 Å². The van der Waals surface area contributed by atoms with E-state index in [4.69, 9.17) is 0 Å². The first kappa shape index (κ1) is 18.7. The van der Waals surface area contributed by atoms with Gasteiger partial charge in [-0.05, 0) is 12.1 Å². The van der Waals surface area contributed by atoms with Gasteiger partial charge < -0.3 is 10.6 Å². The third kappa shape index (κ3) is 4.37. The minimum absolute atomic E-state index is 0.214. The van der Waals surface area contributed by atoms with E-state index in [-0.39, 0.29) is 22.5 Å². The molecular weight excluding hydrogens is 356 g/mol. The molecule has 0 saturated carbocycles. The molecule has 0 bridgehead atoms. The Morgan fingerprint density at radius 1 is 0.464 bits per heavy atom. The molecule has 3 rings (SSSR count). The summed E-state index contributed by atoms with van der Waals surface area (Å²) in [6.45, 7) is 0. The number of hydrogen-bond donors (Lipinski definition) is 2. The minimum Gasteiger partial charge on any atom is -0.317 e. The highest BCUT2D eigenvalue weighted by Gasteiger charge is 2.20. The summed E-state index contributed by atoms with van der Waals surface area (Å²) in [5, 5.41) is 4.96. The second-order valence-corrected chi connectivity index (χ2v) is 5.84. The number of anilines is 2. The zero-order chi connectivity index (χ0) is 19.9. The lowest BCUT2D eigenvalue weighted by Crippen LogP contribution is -2.26. The monoisotopic (exact) mass is 372 g/mol. The lowest BCUT2D eigenvalue weighted by atomic mass is 10.1. The molecule has 2 amide bonds. The Morgan fingerprint density at radius 2 is 0.786 bits per heavy atom. The van der Waals surface area contributed by atoms with Crippen molar-refractivity contribution in [3.8, 4) is 0 Å². The van der Waals surface area contributed by atoms with Crippen LogP contribution in [0.1, 0.15) is 20.7 Å². The number of ketones is 2. The van der Waals surface area contributed by atoms with Crippen molar-refractivity contribution in [3.05, 3.63) is 96.1 Å². The van der Waals surface area contributed by atoms with Gasteiger partial charge in [-0.3, -0.25) is 19.2 Å². The summed E-state index contributed by atoms with van der Waals surface area (Å²) >= 11 is 0. The molecule has 0 radical (unpaired) electrons. The van der Waals surface area contributed by atoms with Crippen LogP contribution in [0.2, 0.25) is 0 Å². The Kier molecular flexibility index (Phi) is 5.72. The maximum absolute atomic E-state index is 12.3. The molecule has 0 saturated heterocycles.